The first kappa shape index (κ1) is 8.88. The molecule has 0 aliphatic heterocycles. The van der Waals surface area contributed by atoms with E-state index >= 15 is 0 Å². The molecule has 1 aliphatic rings. The van der Waals surface area contributed by atoms with Crippen molar-refractivity contribution in [3.05, 3.63) is 12.8 Å². The molecule has 0 spiro atoms. The number of hydrogen-bond acceptors (Lipinski definition) is 3. The molecule has 0 amide bonds. The first-order chi connectivity index (χ1) is 4.66. The average molecular weight is 142 g/mol. The Labute approximate surface area is 59.7 Å². The highest BCUT2D eigenvalue weighted by Crippen LogP contribution is 2.08. The predicted octanol–water partition coefficient (Wildman–Crippen LogP) is 1.04. The Balaban J connectivity index is 0.000000172. The Hall–Kier alpha value is -1.12. The zero-order chi connectivity index (χ0) is 7.98. The second-order valence-corrected chi connectivity index (χ2v) is 1.81. The number of hydrogen-bond donors (Lipinski definition) is 0. The van der Waals surface area contributed by atoms with E-state index in [2.05, 4.69) is 11.3 Å². The van der Waals surface area contributed by atoms with E-state index in [9.17, 15) is 9.59 Å². The molecule has 0 N–H and O–H groups in total. The molecule has 0 aromatic heterocycles. The van der Waals surface area contributed by atoms with E-state index in [-0.39, 0.29) is 5.97 Å². The second kappa shape index (κ2) is 4.73. The zero-order valence-electron chi connectivity index (χ0n) is 5.92. The van der Waals surface area contributed by atoms with E-state index in [4.69, 9.17) is 0 Å². The van der Waals surface area contributed by atoms with Crippen LogP contribution in [-0.4, -0.2) is 11.8 Å². The van der Waals surface area contributed by atoms with Crippen LogP contribution in [0.4, 0.5) is 0 Å². The molecule has 0 atom stereocenters. The van der Waals surface area contributed by atoms with Crippen molar-refractivity contribution in [1.29, 1.82) is 0 Å². The quantitative estimate of drug-likeness (QED) is 0.406. The lowest BCUT2D eigenvalue weighted by molar-refractivity contribution is -0.135. The third-order valence-electron chi connectivity index (χ3n) is 0.703. The van der Waals surface area contributed by atoms with E-state index < -0.39 is 0 Å². The Bertz CT molecular complexity index is 143. The fourth-order valence-corrected chi connectivity index (χ4v) is 0.168. The Morgan fingerprint density at radius 2 is 2.10 bits per heavy atom. The van der Waals surface area contributed by atoms with E-state index in [1.807, 2.05) is 0 Å². The summed E-state index contributed by atoms with van der Waals surface area (Å²) in [5.74, 6) is 0.0880. The van der Waals surface area contributed by atoms with Gasteiger partial charge in [0, 0.05) is 19.8 Å². The molecule has 3 heteroatoms. The highest BCUT2D eigenvalue weighted by molar-refractivity contribution is 5.92. The third-order valence-corrected chi connectivity index (χ3v) is 0.703. The van der Waals surface area contributed by atoms with Crippen LogP contribution in [0.3, 0.4) is 0 Å². The van der Waals surface area contributed by atoms with E-state index in [0.717, 1.165) is 19.1 Å². The van der Waals surface area contributed by atoms with Crippen LogP contribution in [0.25, 0.3) is 0 Å². The van der Waals surface area contributed by atoms with Gasteiger partial charge in [-0.2, -0.15) is 0 Å². The smallest absolute Gasteiger partial charge is 0.307 e. The number of carbonyl (C=O) groups is 2. The molecule has 0 heterocycles. The van der Waals surface area contributed by atoms with Crippen LogP contribution >= 0.6 is 0 Å². The van der Waals surface area contributed by atoms with Gasteiger partial charge in [0.05, 0.1) is 6.26 Å². The lowest BCUT2D eigenvalue weighted by atomic mass is 10.8. The van der Waals surface area contributed by atoms with Gasteiger partial charge in [0.2, 0.25) is 0 Å². The maximum absolute atomic E-state index is 9.75. The van der Waals surface area contributed by atoms with Gasteiger partial charge in [-0.25, -0.2) is 0 Å². The predicted molar refractivity (Wildman–Crippen MR) is 36.2 cm³/mol. The molecule has 0 unspecified atom stereocenters. The van der Waals surface area contributed by atoms with Crippen molar-refractivity contribution in [3.63, 3.8) is 0 Å². The summed E-state index contributed by atoms with van der Waals surface area (Å²) < 4.78 is 4.17. The third kappa shape index (κ3) is 9.99. The van der Waals surface area contributed by atoms with Crippen LogP contribution in [0.2, 0.25) is 0 Å². The summed E-state index contributed by atoms with van der Waals surface area (Å²) in [5, 5.41) is 0. The van der Waals surface area contributed by atoms with Gasteiger partial charge < -0.3 is 4.74 Å². The number of ketones is 1. The van der Waals surface area contributed by atoms with Crippen molar-refractivity contribution in [2.75, 3.05) is 0 Å². The normalized spacial score (nSPS) is 12.7. The van der Waals surface area contributed by atoms with E-state index in [1.54, 1.807) is 0 Å². The molecule has 0 radical (unpaired) electrons. The van der Waals surface area contributed by atoms with Gasteiger partial charge in [0.15, 0.2) is 0 Å². The lowest BCUT2D eigenvalue weighted by Gasteiger charge is -1.83. The minimum absolute atomic E-state index is 0.329. The summed E-state index contributed by atoms with van der Waals surface area (Å²) in [6.45, 7) is 4.48. The van der Waals surface area contributed by atoms with Crippen LogP contribution in [0.1, 0.15) is 19.8 Å². The Morgan fingerprint density at radius 3 is 2.10 bits per heavy atom. The van der Waals surface area contributed by atoms with Gasteiger partial charge >= 0.3 is 5.97 Å². The first-order valence-electron chi connectivity index (χ1n) is 2.96. The molecule has 0 aromatic rings. The van der Waals surface area contributed by atoms with Gasteiger partial charge in [-0.15, -0.1) is 0 Å². The highest BCUT2D eigenvalue weighted by Gasteiger charge is 2.13. The summed E-state index contributed by atoms with van der Waals surface area (Å²) in [7, 11) is 0. The lowest BCUT2D eigenvalue weighted by Crippen LogP contribution is -1.87. The minimum atomic E-state index is -0.329. The first-order valence-corrected chi connectivity index (χ1v) is 2.96. The van der Waals surface area contributed by atoms with Gasteiger partial charge in [-0.05, 0) is 0 Å². The molecule has 1 rings (SSSR count). The van der Waals surface area contributed by atoms with Gasteiger partial charge in [0.25, 0.3) is 0 Å². The van der Waals surface area contributed by atoms with Crippen LogP contribution in [-0.2, 0) is 14.3 Å². The molecule has 3 nitrogen and oxygen atoms in total. The molecule has 1 saturated carbocycles. The fourth-order valence-electron chi connectivity index (χ4n) is 0.168. The van der Waals surface area contributed by atoms with Gasteiger partial charge in [0.1, 0.15) is 5.78 Å². The number of esters is 1. The van der Waals surface area contributed by atoms with Crippen molar-refractivity contribution >= 4 is 11.8 Å². The fraction of sp³-hybridized carbons (Fsp3) is 0.429. The number of Topliss-reactive ketones (excluding diaryl/α,β-unsaturated/α-hetero) is 1. The topological polar surface area (TPSA) is 43.4 Å². The van der Waals surface area contributed by atoms with Gasteiger partial charge in [-0.1, -0.05) is 6.58 Å². The van der Waals surface area contributed by atoms with Crippen LogP contribution in [0.15, 0.2) is 12.8 Å². The maximum Gasteiger partial charge on any atom is 0.307 e. The number of carbonyl (C=O) groups excluding carboxylic acids is 2. The van der Waals surface area contributed by atoms with Crippen molar-refractivity contribution < 1.29 is 14.3 Å². The SMILES string of the molecule is C=COC(C)=O.O=C1CC1. The average Bonchev–Trinajstić information content (AvgIpc) is 2.52. The zero-order valence-corrected chi connectivity index (χ0v) is 5.92. The molecule has 1 fully saturated rings. The van der Waals surface area contributed by atoms with Crippen LogP contribution in [0, 0.1) is 0 Å². The summed E-state index contributed by atoms with van der Waals surface area (Å²) in [5.41, 5.74) is 0. The molecule has 0 saturated heterocycles. The molecule has 1 aliphatic carbocycles. The van der Waals surface area contributed by atoms with Crippen molar-refractivity contribution in [2.24, 2.45) is 0 Å². The van der Waals surface area contributed by atoms with Crippen LogP contribution in [0.5, 0.6) is 0 Å². The second-order valence-electron chi connectivity index (χ2n) is 1.81. The molecule has 0 aromatic carbocycles. The Kier molecular flexibility index (Phi) is 4.20. The summed E-state index contributed by atoms with van der Waals surface area (Å²) in [6, 6.07) is 0. The monoisotopic (exact) mass is 142 g/mol. The van der Waals surface area contributed by atoms with Crippen molar-refractivity contribution in [1.82, 2.24) is 0 Å². The summed E-state index contributed by atoms with van der Waals surface area (Å²) in [6.07, 6.45) is 2.79. The van der Waals surface area contributed by atoms with Crippen molar-refractivity contribution in [3.8, 4) is 0 Å². The summed E-state index contributed by atoms with van der Waals surface area (Å²) in [4.78, 5) is 19.3. The van der Waals surface area contributed by atoms with Crippen LogP contribution < -0.4 is 0 Å². The van der Waals surface area contributed by atoms with Crippen molar-refractivity contribution in [2.45, 2.75) is 19.8 Å². The number of rotatable bonds is 1. The standard InChI is InChI=1S/C4H6O2.C3H4O/c1-3-6-4(2)5;4-3-1-2-3/h3H,1H2,2H3;1-2H2. The minimum Gasteiger partial charge on any atom is -0.435 e. The molecular formula is C7H10O3. The molecule has 10 heavy (non-hydrogen) atoms. The van der Waals surface area contributed by atoms with E-state index in [0.29, 0.717) is 5.78 Å². The molecular weight excluding hydrogens is 132 g/mol. The maximum atomic E-state index is 9.75. The molecule has 0 bridgehead atoms. The Morgan fingerprint density at radius 1 is 1.70 bits per heavy atom. The summed E-state index contributed by atoms with van der Waals surface area (Å²) >= 11 is 0. The van der Waals surface area contributed by atoms with E-state index in [1.165, 1.54) is 6.92 Å². The van der Waals surface area contributed by atoms with Gasteiger partial charge in [-0.3, -0.25) is 9.59 Å². The number of ether oxygens (including phenoxy) is 1. The highest BCUT2D eigenvalue weighted by atomic mass is 16.5. The molecule has 56 valence electrons. The largest absolute Gasteiger partial charge is 0.435 e.